The molecular formula is C13H25N3OS. The Morgan fingerprint density at radius 1 is 1.06 bits per heavy atom. The Kier molecular flexibility index (Phi) is 5.25. The third kappa shape index (κ3) is 7.03. The van der Waals surface area contributed by atoms with E-state index in [4.69, 9.17) is 4.74 Å². The van der Waals surface area contributed by atoms with Crippen molar-refractivity contribution in [3.05, 3.63) is 10.0 Å². The van der Waals surface area contributed by atoms with Gasteiger partial charge in [0.05, 0.1) is 5.60 Å². The molecule has 0 atom stereocenters. The van der Waals surface area contributed by atoms with Gasteiger partial charge < -0.3 is 10.1 Å². The maximum absolute atomic E-state index is 5.68. The number of hydrogen-bond acceptors (Lipinski definition) is 5. The average Bonchev–Trinajstić information content (AvgIpc) is 2.60. The van der Waals surface area contributed by atoms with E-state index in [2.05, 4.69) is 36.3 Å². The molecule has 104 valence electrons. The normalized spacial score (nSPS) is 13.0. The Morgan fingerprint density at radius 2 is 1.67 bits per heavy atom. The molecule has 0 bridgehead atoms. The predicted octanol–water partition coefficient (Wildman–Crippen LogP) is 2.78. The summed E-state index contributed by atoms with van der Waals surface area (Å²) < 4.78 is 5.68. The second-order valence-corrected chi connectivity index (χ2v) is 7.56. The topological polar surface area (TPSA) is 47.0 Å². The van der Waals surface area contributed by atoms with Gasteiger partial charge in [-0.15, -0.1) is 10.2 Å². The summed E-state index contributed by atoms with van der Waals surface area (Å²) in [5, 5.41) is 13.8. The van der Waals surface area contributed by atoms with Crippen LogP contribution in [0.2, 0.25) is 0 Å². The summed E-state index contributed by atoms with van der Waals surface area (Å²) in [6, 6.07) is 0. The van der Waals surface area contributed by atoms with Crippen LogP contribution < -0.4 is 5.32 Å². The van der Waals surface area contributed by atoms with Crippen LogP contribution >= 0.6 is 11.3 Å². The molecule has 4 nitrogen and oxygen atoms in total. The summed E-state index contributed by atoms with van der Waals surface area (Å²) >= 11 is 1.64. The van der Waals surface area contributed by atoms with Crippen molar-refractivity contribution in [3.63, 3.8) is 0 Å². The van der Waals surface area contributed by atoms with Crippen LogP contribution in [-0.4, -0.2) is 27.9 Å². The van der Waals surface area contributed by atoms with E-state index in [1.807, 2.05) is 20.8 Å². The number of nitrogens with one attached hydrogen (secondary N) is 1. The summed E-state index contributed by atoms with van der Waals surface area (Å²) in [7, 11) is 0. The van der Waals surface area contributed by atoms with E-state index in [-0.39, 0.29) is 11.1 Å². The van der Waals surface area contributed by atoms with Crippen LogP contribution in [0.1, 0.15) is 51.6 Å². The summed E-state index contributed by atoms with van der Waals surface area (Å²) in [6.45, 7) is 14.1. The molecule has 1 aromatic rings. The van der Waals surface area contributed by atoms with Crippen LogP contribution in [0.25, 0.3) is 0 Å². The number of rotatable bonds is 5. The van der Waals surface area contributed by atoms with E-state index in [0.29, 0.717) is 6.61 Å². The van der Waals surface area contributed by atoms with E-state index in [0.717, 1.165) is 23.0 Å². The van der Waals surface area contributed by atoms with E-state index in [1.165, 1.54) is 0 Å². The number of nitrogens with zero attached hydrogens (tertiary/aromatic N) is 2. The van der Waals surface area contributed by atoms with Crippen LogP contribution in [-0.2, 0) is 17.8 Å². The second-order valence-electron chi connectivity index (χ2n) is 6.42. The van der Waals surface area contributed by atoms with Crippen molar-refractivity contribution in [1.82, 2.24) is 15.5 Å². The van der Waals surface area contributed by atoms with Crippen LogP contribution in [0.5, 0.6) is 0 Å². The minimum absolute atomic E-state index is 0.125. The van der Waals surface area contributed by atoms with Crippen molar-refractivity contribution < 1.29 is 4.74 Å². The fraction of sp³-hybridized carbons (Fsp3) is 0.846. The number of aromatic nitrogens is 2. The Hall–Kier alpha value is -0.520. The van der Waals surface area contributed by atoms with Crippen LogP contribution in [0.15, 0.2) is 0 Å². The summed E-state index contributed by atoms with van der Waals surface area (Å²) in [6.07, 6.45) is 0.921. The van der Waals surface area contributed by atoms with Gasteiger partial charge in [-0.2, -0.15) is 0 Å². The first-order valence-electron chi connectivity index (χ1n) is 6.36. The van der Waals surface area contributed by atoms with Crippen LogP contribution in [0.4, 0.5) is 0 Å². The standard InChI is InChI=1S/C13H25N3OS/c1-12(2,3)14-8-7-10-15-16-11(18-10)9-17-13(4,5)6/h14H,7-9H2,1-6H3. The molecular weight excluding hydrogens is 246 g/mol. The molecule has 1 aromatic heterocycles. The SMILES string of the molecule is CC(C)(C)NCCc1nnc(COC(C)(C)C)s1. The first-order chi connectivity index (χ1) is 8.16. The first-order valence-corrected chi connectivity index (χ1v) is 7.18. The minimum atomic E-state index is -0.125. The van der Waals surface area contributed by atoms with Crippen LogP contribution in [0.3, 0.4) is 0 Å². The zero-order chi connectivity index (χ0) is 13.8. The maximum Gasteiger partial charge on any atom is 0.143 e. The lowest BCUT2D eigenvalue weighted by molar-refractivity contribution is -0.0152. The molecule has 0 saturated heterocycles. The zero-order valence-corrected chi connectivity index (χ0v) is 13.1. The summed E-state index contributed by atoms with van der Waals surface area (Å²) in [5.41, 5.74) is 0.0302. The monoisotopic (exact) mass is 271 g/mol. The summed E-state index contributed by atoms with van der Waals surface area (Å²) in [4.78, 5) is 0. The zero-order valence-electron chi connectivity index (χ0n) is 12.3. The van der Waals surface area contributed by atoms with Crippen LogP contribution in [0, 0.1) is 0 Å². The molecule has 1 rings (SSSR count). The Morgan fingerprint density at radius 3 is 2.22 bits per heavy atom. The molecule has 0 amide bonds. The van der Waals surface area contributed by atoms with Crippen molar-refractivity contribution in [2.75, 3.05) is 6.54 Å². The van der Waals surface area contributed by atoms with Gasteiger partial charge in [0.25, 0.3) is 0 Å². The highest BCUT2D eigenvalue weighted by molar-refractivity contribution is 7.11. The molecule has 0 aromatic carbocycles. The molecule has 18 heavy (non-hydrogen) atoms. The van der Waals surface area contributed by atoms with Crippen molar-refractivity contribution in [2.24, 2.45) is 0 Å². The lowest BCUT2D eigenvalue weighted by Gasteiger charge is -2.19. The molecule has 0 unspecified atom stereocenters. The molecule has 1 N–H and O–H groups in total. The Labute approximate surface area is 114 Å². The van der Waals surface area contributed by atoms with Crippen molar-refractivity contribution in [2.45, 2.75) is 65.7 Å². The fourth-order valence-corrected chi connectivity index (χ4v) is 2.03. The maximum atomic E-state index is 5.68. The van der Waals surface area contributed by atoms with E-state index in [9.17, 15) is 0 Å². The minimum Gasteiger partial charge on any atom is -0.369 e. The molecule has 1 heterocycles. The first kappa shape index (κ1) is 15.5. The lowest BCUT2D eigenvalue weighted by atomic mass is 10.1. The largest absolute Gasteiger partial charge is 0.369 e. The Bertz CT molecular complexity index is 363. The fourth-order valence-electron chi connectivity index (χ4n) is 1.27. The molecule has 5 heteroatoms. The van der Waals surface area contributed by atoms with Crippen molar-refractivity contribution >= 4 is 11.3 Å². The van der Waals surface area contributed by atoms with Gasteiger partial charge in [0.1, 0.15) is 16.6 Å². The van der Waals surface area contributed by atoms with Gasteiger partial charge in [0.2, 0.25) is 0 Å². The van der Waals surface area contributed by atoms with Crippen molar-refractivity contribution in [3.8, 4) is 0 Å². The lowest BCUT2D eigenvalue weighted by Crippen LogP contribution is -2.37. The number of ether oxygens (including phenoxy) is 1. The van der Waals surface area contributed by atoms with E-state index >= 15 is 0 Å². The molecule has 0 spiro atoms. The molecule has 0 aliphatic carbocycles. The smallest absolute Gasteiger partial charge is 0.143 e. The molecule has 0 aliphatic heterocycles. The molecule has 0 aliphatic rings. The average molecular weight is 271 g/mol. The number of hydrogen-bond donors (Lipinski definition) is 1. The van der Waals surface area contributed by atoms with Gasteiger partial charge in [-0.25, -0.2) is 0 Å². The molecule has 0 fully saturated rings. The van der Waals surface area contributed by atoms with Gasteiger partial charge in [-0.05, 0) is 41.5 Å². The van der Waals surface area contributed by atoms with Gasteiger partial charge in [-0.3, -0.25) is 0 Å². The third-order valence-electron chi connectivity index (χ3n) is 2.13. The Balaban J connectivity index is 2.35. The highest BCUT2D eigenvalue weighted by Gasteiger charge is 2.13. The predicted molar refractivity (Wildman–Crippen MR) is 75.9 cm³/mol. The summed E-state index contributed by atoms with van der Waals surface area (Å²) in [5.74, 6) is 0. The highest BCUT2D eigenvalue weighted by atomic mass is 32.1. The molecule has 0 radical (unpaired) electrons. The van der Waals surface area contributed by atoms with Gasteiger partial charge in [0.15, 0.2) is 0 Å². The molecule has 0 saturated carbocycles. The van der Waals surface area contributed by atoms with Gasteiger partial charge in [0, 0.05) is 18.5 Å². The third-order valence-corrected chi connectivity index (χ3v) is 3.09. The van der Waals surface area contributed by atoms with E-state index < -0.39 is 0 Å². The van der Waals surface area contributed by atoms with E-state index in [1.54, 1.807) is 11.3 Å². The van der Waals surface area contributed by atoms with Gasteiger partial charge in [-0.1, -0.05) is 11.3 Å². The van der Waals surface area contributed by atoms with Gasteiger partial charge >= 0.3 is 0 Å². The quantitative estimate of drug-likeness (QED) is 0.894. The highest BCUT2D eigenvalue weighted by Crippen LogP contribution is 2.15. The second kappa shape index (κ2) is 6.08. The van der Waals surface area contributed by atoms with Crippen molar-refractivity contribution in [1.29, 1.82) is 0 Å².